The van der Waals surface area contributed by atoms with Crippen LogP contribution in [0.25, 0.3) is 0 Å². The van der Waals surface area contributed by atoms with Gasteiger partial charge in [-0.1, -0.05) is 31.5 Å². The highest BCUT2D eigenvalue weighted by Crippen LogP contribution is 2.43. The van der Waals surface area contributed by atoms with Crippen LogP contribution in [-0.2, 0) is 4.79 Å². The van der Waals surface area contributed by atoms with Crippen molar-refractivity contribution in [3.8, 4) is 0 Å². The molecule has 2 N–H and O–H groups in total. The summed E-state index contributed by atoms with van der Waals surface area (Å²) in [5, 5.41) is 0. The van der Waals surface area contributed by atoms with Crippen molar-refractivity contribution in [1.29, 1.82) is 0 Å². The fourth-order valence-electron chi connectivity index (χ4n) is 4.19. The Morgan fingerprint density at radius 2 is 1.91 bits per heavy atom. The number of aryl methyl sites for hydroxylation is 1. The molecule has 3 aliphatic rings. The number of hydrogen-bond acceptors (Lipinski definition) is 3. The third-order valence-corrected chi connectivity index (χ3v) is 5.31. The molecule has 1 aromatic rings. The summed E-state index contributed by atoms with van der Waals surface area (Å²) in [6, 6.07) is 9.11. The molecule has 0 aromatic heterocycles. The van der Waals surface area contributed by atoms with E-state index in [0.29, 0.717) is 12.0 Å². The van der Waals surface area contributed by atoms with Crippen molar-refractivity contribution in [3.63, 3.8) is 0 Å². The first-order valence-electron chi connectivity index (χ1n) is 8.22. The molecular weight excluding hydrogens is 274 g/mol. The molecule has 1 unspecified atom stereocenters. The molecular formula is C18H27N3O. The molecule has 0 spiro atoms. The minimum absolute atomic E-state index is 0.0819. The first kappa shape index (κ1) is 15.3. The molecule has 4 nitrogen and oxygen atoms in total. The Hall–Kier alpha value is -1.55. The number of nitrogens with zero attached hydrogens (tertiary/aromatic N) is 2. The van der Waals surface area contributed by atoms with Gasteiger partial charge in [0.2, 0.25) is 5.91 Å². The van der Waals surface area contributed by atoms with Crippen molar-refractivity contribution in [1.82, 2.24) is 4.90 Å². The van der Waals surface area contributed by atoms with Crippen molar-refractivity contribution in [2.24, 2.45) is 17.1 Å². The van der Waals surface area contributed by atoms with E-state index in [-0.39, 0.29) is 17.9 Å². The zero-order valence-electron chi connectivity index (χ0n) is 13.9. The van der Waals surface area contributed by atoms with Gasteiger partial charge in [-0.25, -0.2) is 0 Å². The molecule has 3 fully saturated rings. The molecule has 1 aromatic carbocycles. The van der Waals surface area contributed by atoms with E-state index in [4.69, 9.17) is 5.73 Å². The fourth-order valence-corrected chi connectivity index (χ4v) is 4.19. The topological polar surface area (TPSA) is 49.6 Å². The van der Waals surface area contributed by atoms with Crippen LogP contribution in [0.2, 0.25) is 0 Å². The summed E-state index contributed by atoms with van der Waals surface area (Å²) in [6.45, 7) is 9.56. The Balaban J connectivity index is 1.93. The van der Waals surface area contributed by atoms with Crippen molar-refractivity contribution in [3.05, 3.63) is 29.8 Å². The second kappa shape index (κ2) is 5.58. The van der Waals surface area contributed by atoms with E-state index in [2.05, 4.69) is 49.9 Å². The van der Waals surface area contributed by atoms with Gasteiger partial charge < -0.3 is 15.5 Å². The maximum absolute atomic E-state index is 12.1. The molecule has 0 saturated carbocycles. The summed E-state index contributed by atoms with van der Waals surface area (Å²) in [5.41, 5.74) is 8.35. The minimum atomic E-state index is 0.0819. The van der Waals surface area contributed by atoms with Crippen molar-refractivity contribution < 1.29 is 4.79 Å². The zero-order valence-corrected chi connectivity index (χ0v) is 13.9. The van der Waals surface area contributed by atoms with Gasteiger partial charge in [-0.3, -0.25) is 4.79 Å². The number of fused-ring (bicyclic) bond motifs is 4. The lowest BCUT2D eigenvalue weighted by atomic mass is 9.73. The van der Waals surface area contributed by atoms with Crippen LogP contribution in [0.4, 0.5) is 5.69 Å². The smallest absolute Gasteiger partial charge is 0.236 e. The van der Waals surface area contributed by atoms with E-state index in [1.165, 1.54) is 17.7 Å². The second-order valence-electron chi connectivity index (χ2n) is 7.57. The number of piperidine rings is 1. The first-order valence-corrected chi connectivity index (χ1v) is 8.22. The lowest BCUT2D eigenvalue weighted by Crippen LogP contribution is -2.54. The van der Waals surface area contributed by atoms with E-state index in [0.717, 1.165) is 19.6 Å². The summed E-state index contributed by atoms with van der Waals surface area (Å²) in [4.78, 5) is 16.6. The van der Waals surface area contributed by atoms with Crippen LogP contribution in [0.5, 0.6) is 0 Å². The van der Waals surface area contributed by atoms with Crippen LogP contribution < -0.4 is 10.6 Å². The number of amides is 1. The SMILES string of the molecule is Cc1ccc(N2C[C@H]3CN(C(=O)CN)CC2C(C)(C)C3)cc1. The molecule has 3 saturated heterocycles. The van der Waals surface area contributed by atoms with E-state index in [1.807, 2.05) is 4.90 Å². The Bertz CT molecular complexity index is 552. The van der Waals surface area contributed by atoms with Gasteiger partial charge in [0.15, 0.2) is 0 Å². The molecule has 4 heteroatoms. The molecule has 3 aliphatic heterocycles. The summed E-state index contributed by atoms with van der Waals surface area (Å²) in [7, 11) is 0. The largest absolute Gasteiger partial charge is 0.366 e. The van der Waals surface area contributed by atoms with Gasteiger partial charge in [0.1, 0.15) is 0 Å². The molecule has 22 heavy (non-hydrogen) atoms. The van der Waals surface area contributed by atoms with Gasteiger partial charge in [0, 0.05) is 25.3 Å². The van der Waals surface area contributed by atoms with Crippen molar-refractivity contribution in [2.75, 3.05) is 31.1 Å². The highest BCUT2D eigenvalue weighted by Gasteiger charge is 2.46. The van der Waals surface area contributed by atoms with E-state index in [1.54, 1.807) is 0 Å². The molecule has 4 rings (SSSR count). The molecule has 1 amide bonds. The van der Waals surface area contributed by atoms with Crippen LogP contribution in [0.15, 0.2) is 24.3 Å². The van der Waals surface area contributed by atoms with Crippen LogP contribution in [0.1, 0.15) is 25.8 Å². The molecule has 2 atom stereocenters. The van der Waals surface area contributed by atoms with Crippen molar-refractivity contribution in [2.45, 2.75) is 33.2 Å². The Kier molecular flexibility index (Phi) is 3.89. The Labute approximate surface area is 133 Å². The van der Waals surface area contributed by atoms with Gasteiger partial charge in [-0.2, -0.15) is 0 Å². The fraction of sp³-hybridized carbons (Fsp3) is 0.611. The van der Waals surface area contributed by atoms with E-state index >= 15 is 0 Å². The van der Waals surface area contributed by atoms with Crippen LogP contribution in [0, 0.1) is 18.3 Å². The summed E-state index contributed by atoms with van der Waals surface area (Å²) < 4.78 is 0. The molecule has 3 heterocycles. The minimum Gasteiger partial charge on any atom is -0.366 e. The lowest BCUT2D eigenvalue weighted by Gasteiger charge is -2.48. The maximum atomic E-state index is 12.1. The standard InChI is InChI=1S/C18H27N3O/c1-13-4-6-15(7-5-13)21-11-14-8-18(2,3)16(21)12-20(10-14)17(22)9-19/h4-7,14,16H,8-12,19H2,1-3H3/t14-,16?/m1/s1. The highest BCUT2D eigenvalue weighted by molar-refractivity contribution is 5.78. The third-order valence-electron chi connectivity index (χ3n) is 5.31. The monoisotopic (exact) mass is 301 g/mol. The summed E-state index contributed by atoms with van der Waals surface area (Å²) >= 11 is 0. The molecule has 120 valence electrons. The second-order valence-corrected chi connectivity index (χ2v) is 7.57. The van der Waals surface area contributed by atoms with Gasteiger partial charge >= 0.3 is 0 Å². The van der Waals surface area contributed by atoms with Gasteiger partial charge in [0.05, 0.1) is 12.6 Å². The number of hydrogen-bond donors (Lipinski definition) is 1. The molecule has 2 bridgehead atoms. The average molecular weight is 301 g/mol. The number of rotatable bonds is 2. The van der Waals surface area contributed by atoms with E-state index < -0.39 is 0 Å². The summed E-state index contributed by atoms with van der Waals surface area (Å²) in [6.07, 6.45) is 1.17. The number of benzene rings is 1. The van der Waals surface area contributed by atoms with Crippen LogP contribution in [-0.4, -0.2) is 43.0 Å². The third kappa shape index (κ3) is 2.72. The van der Waals surface area contributed by atoms with Crippen LogP contribution >= 0.6 is 0 Å². The number of carbonyl (C=O) groups excluding carboxylic acids is 1. The number of anilines is 1. The van der Waals surface area contributed by atoms with E-state index in [9.17, 15) is 4.79 Å². The van der Waals surface area contributed by atoms with Crippen molar-refractivity contribution >= 4 is 11.6 Å². The quantitative estimate of drug-likeness (QED) is 0.909. The number of carbonyl (C=O) groups is 1. The van der Waals surface area contributed by atoms with Gasteiger partial charge in [0.25, 0.3) is 0 Å². The predicted octanol–water partition coefficient (Wildman–Crippen LogP) is 2.02. The highest BCUT2D eigenvalue weighted by atomic mass is 16.2. The summed E-state index contributed by atoms with van der Waals surface area (Å²) in [5.74, 6) is 0.601. The predicted molar refractivity (Wildman–Crippen MR) is 89.8 cm³/mol. The molecule has 0 radical (unpaired) electrons. The first-order chi connectivity index (χ1) is 10.4. The normalized spacial score (nSPS) is 26.9. The number of nitrogens with two attached hydrogens (primary N) is 1. The maximum Gasteiger partial charge on any atom is 0.236 e. The lowest BCUT2D eigenvalue weighted by molar-refractivity contribution is -0.129. The van der Waals surface area contributed by atoms with Gasteiger partial charge in [-0.15, -0.1) is 0 Å². The van der Waals surface area contributed by atoms with Crippen LogP contribution in [0.3, 0.4) is 0 Å². The Morgan fingerprint density at radius 1 is 1.23 bits per heavy atom. The van der Waals surface area contributed by atoms with Gasteiger partial charge in [-0.05, 0) is 36.8 Å². The molecule has 0 aliphatic carbocycles. The Morgan fingerprint density at radius 3 is 2.55 bits per heavy atom. The zero-order chi connectivity index (χ0) is 15.9. The average Bonchev–Trinajstić information content (AvgIpc) is 2.74.